The van der Waals surface area contributed by atoms with Gasteiger partial charge in [-0.05, 0) is 29.7 Å². The molecule has 0 aliphatic rings. The molecule has 0 radical (unpaired) electrons. The standard InChI is InChI=1S/C16H19N3O2/c20-15(14-4-2-1-3-5-14)8-11-18-16(21)19-12-13-6-9-17-10-7-13/h1-7,9-10,15,20H,8,11-12H2,(H2,18,19,21). The highest BCUT2D eigenvalue weighted by Crippen LogP contribution is 2.14. The Morgan fingerprint density at radius 1 is 1.10 bits per heavy atom. The van der Waals surface area contributed by atoms with Gasteiger partial charge in [-0.25, -0.2) is 4.79 Å². The zero-order chi connectivity index (χ0) is 14.9. The normalized spacial score (nSPS) is 11.7. The molecule has 1 atom stereocenters. The number of hydrogen-bond acceptors (Lipinski definition) is 3. The number of pyridine rings is 1. The molecule has 0 saturated carbocycles. The van der Waals surface area contributed by atoms with Crippen LogP contribution < -0.4 is 10.6 Å². The number of carbonyl (C=O) groups excluding carboxylic acids is 1. The van der Waals surface area contributed by atoms with Crippen molar-refractivity contribution in [1.29, 1.82) is 0 Å². The summed E-state index contributed by atoms with van der Waals surface area (Å²) in [6.45, 7) is 0.869. The Morgan fingerprint density at radius 3 is 2.52 bits per heavy atom. The lowest BCUT2D eigenvalue weighted by atomic mass is 10.1. The maximum Gasteiger partial charge on any atom is 0.315 e. The molecule has 5 nitrogen and oxygen atoms in total. The van der Waals surface area contributed by atoms with Gasteiger partial charge < -0.3 is 15.7 Å². The second-order valence-electron chi connectivity index (χ2n) is 4.68. The number of aromatic nitrogens is 1. The SMILES string of the molecule is O=C(NCCC(O)c1ccccc1)NCc1ccncc1. The van der Waals surface area contributed by atoms with Crippen molar-refractivity contribution in [3.8, 4) is 0 Å². The average Bonchev–Trinajstić information content (AvgIpc) is 2.54. The van der Waals surface area contributed by atoms with E-state index in [0.29, 0.717) is 19.5 Å². The van der Waals surface area contributed by atoms with Crippen LogP contribution in [0.3, 0.4) is 0 Å². The number of carbonyl (C=O) groups is 1. The van der Waals surface area contributed by atoms with Gasteiger partial charge in [0.05, 0.1) is 6.10 Å². The van der Waals surface area contributed by atoms with E-state index in [1.165, 1.54) is 0 Å². The van der Waals surface area contributed by atoms with Crippen molar-refractivity contribution in [1.82, 2.24) is 15.6 Å². The van der Waals surface area contributed by atoms with Gasteiger partial charge in [-0.15, -0.1) is 0 Å². The monoisotopic (exact) mass is 285 g/mol. The summed E-state index contributed by atoms with van der Waals surface area (Å²) in [5.74, 6) is 0. The number of aliphatic hydroxyl groups is 1. The van der Waals surface area contributed by atoms with Crippen LogP contribution in [-0.4, -0.2) is 22.7 Å². The summed E-state index contributed by atoms with van der Waals surface area (Å²) < 4.78 is 0. The van der Waals surface area contributed by atoms with E-state index in [1.807, 2.05) is 42.5 Å². The number of hydrogen-bond donors (Lipinski definition) is 3. The molecular weight excluding hydrogens is 266 g/mol. The number of amides is 2. The maximum absolute atomic E-state index is 11.6. The number of nitrogens with zero attached hydrogens (tertiary/aromatic N) is 1. The second kappa shape index (κ2) is 8.01. The van der Waals surface area contributed by atoms with E-state index >= 15 is 0 Å². The second-order valence-corrected chi connectivity index (χ2v) is 4.68. The molecule has 2 aromatic rings. The predicted molar refractivity (Wildman–Crippen MR) is 80.5 cm³/mol. The minimum atomic E-state index is -0.563. The molecule has 0 bridgehead atoms. The van der Waals surface area contributed by atoms with Gasteiger partial charge in [-0.3, -0.25) is 4.98 Å². The highest BCUT2D eigenvalue weighted by Gasteiger charge is 2.07. The Bertz CT molecular complexity index is 546. The van der Waals surface area contributed by atoms with Crippen LogP contribution in [0.25, 0.3) is 0 Å². The lowest BCUT2D eigenvalue weighted by molar-refractivity contribution is 0.167. The van der Waals surface area contributed by atoms with Gasteiger partial charge in [-0.1, -0.05) is 30.3 Å². The van der Waals surface area contributed by atoms with Gasteiger partial charge in [0.2, 0.25) is 0 Å². The fourth-order valence-electron chi connectivity index (χ4n) is 1.91. The third-order valence-corrected chi connectivity index (χ3v) is 3.09. The molecule has 5 heteroatoms. The van der Waals surface area contributed by atoms with E-state index in [0.717, 1.165) is 11.1 Å². The van der Waals surface area contributed by atoms with Crippen LogP contribution in [0.5, 0.6) is 0 Å². The molecule has 0 aliphatic carbocycles. The van der Waals surface area contributed by atoms with Gasteiger partial charge in [0.1, 0.15) is 0 Å². The lowest BCUT2D eigenvalue weighted by Crippen LogP contribution is -2.36. The summed E-state index contributed by atoms with van der Waals surface area (Å²) in [5.41, 5.74) is 1.85. The smallest absolute Gasteiger partial charge is 0.315 e. The topological polar surface area (TPSA) is 74.2 Å². The molecule has 0 saturated heterocycles. The van der Waals surface area contributed by atoms with Gasteiger partial charge in [-0.2, -0.15) is 0 Å². The van der Waals surface area contributed by atoms with Crippen LogP contribution in [0.2, 0.25) is 0 Å². The van der Waals surface area contributed by atoms with Crippen LogP contribution in [-0.2, 0) is 6.54 Å². The first-order valence-electron chi connectivity index (χ1n) is 6.89. The van der Waals surface area contributed by atoms with Crippen LogP contribution in [0, 0.1) is 0 Å². The van der Waals surface area contributed by atoms with E-state index in [-0.39, 0.29) is 6.03 Å². The average molecular weight is 285 g/mol. The molecule has 2 rings (SSSR count). The quantitative estimate of drug-likeness (QED) is 0.760. The number of aliphatic hydroxyl groups excluding tert-OH is 1. The Kier molecular flexibility index (Phi) is 5.72. The Morgan fingerprint density at radius 2 is 1.81 bits per heavy atom. The van der Waals surface area contributed by atoms with E-state index in [9.17, 15) is 9.90 Å². The van der Waals surface area contributed by atoms with E-state index < -0.39 is 6.10 Å². The van der Waals surface area contributed by atoms with Crippen LogP contribution in [0.4, 0.5) is 4.79 Å². The first kappa shape index (κ1) is 15.0. The number of rotatable bonds is 6. The van der Waals surface area contributed by atoms with Crippen LogP contribution in [0.1, 0.15) is 23.7 Å². The van der Waals surface area contributed by atoms with Gasteiger partial charge >= 0.3 is 6.03 Å². The van der Waals surface area contributed by atoms with E-state index in [1.54, 1.807) is 12.4 Å². The van der Waals surface area contributed by atoms with E-state index in [2.05, 4.69) is 15.6 Å². The number of urea groups is 1. The molecule has 1 aromatic carbocycles. The third-order valence-electron chi connectivity index (χ3n) is 3.09. The highest BCUT2D eigenvalue weighted by atomic mass is 16.3. The first-order valence-corrected chi connectivity index (χ1v) is 6.89. The van der Waals surface area contributed by atoms with Crippen molar-refractivity contribution in [2.45, 2.75) is 19.1 Å². The van der Waals surface area contributed by atoms with Gasteiger partial charge in [0.15, 0.2) is 0 Å². The summed E-state index contributed by atoms with van der Waals surface area (Å²) >= 11 is 0. The molecule has 1 heterocycles. The summed E-state index contributed by atoms with van der Waals surface area (Å²) in [6, 6.07) is 12.9. The van der Waals surface area contributed by atoms with Crippen molar-refractivity contribution < 1.29 is 9.90 Å². The Balaban J connectivity index is 1.65. The fourth-order valence-corrected chi connectivity index (χ4v) is 1.91. The van der Waals surface area contributed by atoms with Gasteiger partial charge in [0, 0.05) is 25.5 Å². The summed E-state index contributed by atoms with van der Waals surface area (Å²) in [4.78, 5) is 15.5. The Hall–Kier alpha value is -2.40. The zero-order valence-electron chi connectivity index (χ0n) is 11.7. The van der Waals surface area contributed by atoms with Crippen molar-refractivity contribution in [2.24, 2.45) is 0 Å². The first-order chi connectivity index (χ1) is 10.3. The van der Waals surface area contributed by atoms with Crippen LogP contribution in [0.15, 0.2) is 54.9 Å². The summed E-state index contributed by atoms with van der Waals surface area (Å²) in [7, 11) is 0. The molecule has 0 fully saturated rings. The van der Waals surface area contributed by atoms with E-state index in [4.69, 9.17) is 0 Å². The fraction of sp³-hybridized carbons (Fsp3) is 0.250. The molecule has 110 valence electrons. The molecular formula is C16H19N3O2. The van der Waals surface area contributed by atoms with Crippen molar-refractivity contribution in [2.75, 3.05) is 6.54 Å². The number of nitrogens with one attached hydrogen (secondary N) is 2. The molecule has 1 aromatic heterocycles. The highest BCUT2D eigenvalue weighted by molar-refractivity contribution is 5.73. The third kappa shape index (κ3) is 5.24. The number of benzene rings is 1. The summed E-state index contributed by atoms with van der Waals surface area (Å²) in [5, 5.41) is 15.4. The predicted octanol–water partition coefficient (Wildman–Crippen LogP) is 2.00. The molecule has 0 spiro atoms. The minimum Gasteiger partial charge on any atom is -0.388 e. The largest absolute Gasteiger partial charge is 0.388 e. The molecule has 1 unspecified atom stereocenters. The minimum absolute atomic E-state index is 0.243. The summed E-state index contributed by atoms with van der Waals surface area (Å²) in [6.07, 6.45) is 3.29. The molecule has 3 N–H and O–H groups in total. The molecule has 2 amide bonds. The van der Waals surface area contributed by atoms with Crippen molar-refractivity contribution >= 4 is 6.03 Å². The van der Waals surface area contributed by atoms with Crippen molar-refractivity contribution in [3.63, 3.8) is 0 Å². The lowest BCUT2D eigenvalue weighted by Gasteiger charge is -2.12. The Labute approximate surface area is 124 Å². The molecule has 0 aliphatic heterocycles. The van der Waals surface area contributed by atoms with Crippen molar-refractivity contribution in [3.05, 3.63) is 66.0 Å². The maximum atomic E-state index is 11.6. The van der Waals surface area contributed by atoms with Gasteiger partial charge in [0.25, 0.3) is 0 Å². The van der Waals surface area contributed by atoms with Crippen LogP contribution >= 0.6 is 0 Å². The zero-order valence-corrected chi connectivity index (χ0v) is 11.7. The molecule has 21 heavy (non-hydrogen) atoms.